The van der Waals surface area contributed by atoms with Crippen molar-refractivity contribution in [2.24, 2.45) is 5.73 Å². The van der Waals surface area contributed by atoms with Crippen LogP contribution in [0.25, 0.3) is 0 Å². The van der Waals surface area contributed by atoms with Crippen LogP contribution < -0.4 is 5.73 Å². The SMILES string of the molecule is NC1CCc2ncnc(C(F)(F)F)c2C1. The van der Waals surface area contributed by atoms with Crippen molar-refractivity contribution in [3.8, 4) is 0 Å². The Morgan fingerprint density at radius 3 is 2.73 bits per heavy atom. The van der Waals surface area contributed by atoms with Gasteiger partial charge in [0.25, 0.3) is 0 Å². The molecule has 0 spiro atoms. The minimum absolute atomic E-state index is 0.170. The highest BCUT2D eigenvalue weighted by Crippen LogP contribution is 2.33. The van der Waals surface area contributed by atoms with Crippen LogP contribution in [0.5, 0.6) is 0 Å². The van der Waals surface area contributed by atoms with Gasteiger partial charge in [-0.15, -0.1) is 0 Å². The van der Waals surface area contributed by atoms with E-state index >= 15 is 0 Å². The largest absolute Gasteiger partial charge is 0.433 e. The fraction of sp³-hybridized carbons (Fsp3) is 0.556. The number of fused-ring (bicyclic) bond motifs is 1. The Morgan fingerprint density at radius 2 is 2.07 bits per heavy atom. The molecule has 0 aliphatic heterocycles. The summed E-state index contributed by atoms with van der Waals surface area (Å²) in [5.74, 6) is 0. The minimum atomic E-state index is -4.41. The number of nitrogens with zero attached hydrogens (tertiary/aromatic N) is 2. The van der Waals surface area contributed by atoms with Crippen LogP contribution in [0.1, 0.15) is 23.4 Å². The third-order valence-corrected chi connectivity index (χ3v) is 2.52. The van der Waals surface area contributed by atoms with Crippen LogP contribution in [-0.2, 0) is 19.0 Å². The summed E-state index contributed by atoms with van der Waals surface area (Å²) in [5, 5.41) is 0. The van der Waals surface area contributed by atoms with Crippen LogP contribution in [0.2, 0.25) is 0 Å². The second kappa shape index (κ2) is 3.44. The number of hydrogen-bond donors (Lipinski definition) is 1. The van der Waals surface area contributed by atoms with Gasteiger partial charge in [0.2, 0.25) is 0 Å². The van der Waals surface area contributed by atoms with E-state index in [0.717, 1.165) is 6.33 Å². The summed E-state index contributed by atoms with van der Waals surface area (Å²) in [6.07, 6.45) is -2.04. The molecule has 0 amide bonds. The standard InChI is InChI=1S/C9H10F3N3/c10-9(11,12)8-6-3-5(13)1-2-7(6)14-4-15-8/h4-5H,1-3,13H2. The van der Waals surface area contributed by atoms with E-state index in [0.29, 0.717) is 18.5 Å². The summed E-state index contributed by atoms with van der Waals surface area (Å²) in [7, 11) is 0. The topological polar surface area (TPSA) is 51.8 Å². The zero-order valence-corrected chi connectivity index (χ0v) is 7.88. The van der Waals surface area contributed by atoms with Gasteiger partial charge in [-0.25, -0.2) is 9.97 Å². The van der Waals surface area contributed by atoms with Gasteiger partial charge in [0, 0.05) is 17.3 Å². The van der Waals surface area contributed by atoms with Gasteiger partial charge in [-0.05, 0) is 19.3 Å². The van der Waals surface area contributed by atoms with Crippen molar-refractivity contribution >= 4 is 0 Å². The number of rotatable bonds is 0. The Morgan fingerprint density at radius 1 is 1.33 bits per heavy atom. The van der Waals surface area contributed by atoms with Gasteiger partial charge in [-0.2, -0.15) is 13.2 Å². The zero-order valence-electron chi connectivity index (χ0n) is 7.88. The van der Waals surface area contributed by atoms with Gasteiger partial charge in [-0.3, -0.25) is 0 Å². The van der Waals surface area contributed by atoms with Gasteiger partial charge >= 0.3 is 6.18 Å². The van der Waals surface area contributed by atoms with E-state index in [4.69, 9.17) is 5.73 Å². The van der Waals surface area contributed by atoms with Crippen LogP contribution in [0.15, 0.2) is 6.33 Å². The Bertz CT molecular complexity index is 375. The summed E-state index contributed by atoms with van der Waals surface area (Å²) in [5.41, 5.74) is 5.46. The zero-order chi connectivity index (χ0) is 11.1. The van der Waals surface area contributed by atoms with Crippen LogP contribution in [0, 0.1) is 0 Å². The molecule has 82 valence electrons. The summed E-state index contributed by atoms with van der Waals surface area (Å²) >= 11 is 0. The van der Waals surface area contributed by atoms with E-state index in [9.17, 15) is 13.2 Å². The van der Waals surface area contributed by atoms with E-state index < -0.39 is 11.9 Å². The molecule has 0 radical (unpaired) electrons. The molecule has 1 aromatic rings. The molecule has 1 aliphatic carbocycles. The van der Waals surface area contributed by atoms with Crippen LogP contribution >= 0.6 is 0 Å². The van der Waals surface area contributed by atoms with E-state index in [2.05, 4.69) is 9.97 Å². The number of aryl methyl sites for hydroxylation is 1. The number of nitrogens with two attached hydrogens (primary N) is 1. The van der Waals surface area contributed by atoms with E-state index in [1.807, 2.05) is 0 Å². The predicted molar refractivity (Wildman–Crippen MR) is 47.0 cm³/mol. The summed E-state index contributed by atoms with van der Waals surface area (Å²) in [6.45, 7) is 0. The molecule has 1 heterocycles. The highest BCUT2D eigenvalue weighted by atomic mass is 19.4. The summed E-state index contributed by atoms with van der Waals surface area (Å²) in [6, 6.07) is -0.218. The fourth-order valence-corrected chi connectivity index (χ4v) is 1.81. The van der Waals surface area contributed by atoms with Gasteiger partial charge < -0.3 is 5.73 Å². The monoisotopic (exact) mass is 217 g/mol. The van der Waals surface area contributed by atoms with Crippen molar-refractivity contribution in [2.45, 2.75) is 31.5 Å². The average molecular weight is 217 g/mol. The second-order valence-electron chi connectivity index (χ2n) is 3.65. The fourth-order valence-electron chi connectivity index (χ4n) is 1.81. The maximum Gasteiger partial charge on any atom is 0.433 e. The number of aromatic nitrogens is 2. The van der Waals surface area contributed by atoms with E-state index in [-0.39, 0.29) is 18.0 Å². The van der Waals surface area contributed by atoms with Crippen molar-refractivity contribution < 1.29 is 13.2 Å². The summed E-state index contributed by atoms with van der Waals surface area (Å²) < 4.78 is 37.7. The Labute approximate surface area is 84.5 Å². The van der Waals surface area contributed by atoms with E-state index in [1.165, 1.54) is 0 Å². The van der Waals surface area contributed by atoms with Gasteiger partial charge in [-0.1, -0.05) is 0 Å². The molecule has 0 saturated carbocycles. The molecular formula is C9H10F3N3. The molecule has 1 aliphatic rings. The lowest BCUT2D eigenvalue weighted by atomic mass is 9.91. The van der Waals surface area contributed by atoms with Gasteiger partial charge in [0.05, 0.1) is 0 Å². The third kappa shape index (κ3) is 1.94. The molecule has 0 aromatic carbocycles. The lowest BCUT2D eigenvalue weighted by Crippen LogP contribution is -2.31. The van der Waals surface area contributed by atoms with Gasteiger partial charge in [0.15, 0.2) is 5.69 Å². The van der Waals surface area contributed by atoms with Crippen LogP contribution in [0.4, 0.5) is 13.2 Å². The number of hydrogen-bond acceptors (Lipinski definition) is 3. The molecule has 1 aromatic heterocycles. The molecule has 3 nitrogen and oxygen atoms in total. The molecular weight excluding hydrogens is 207 g/mol. The number of alkyl halides is 3. The molecule has 0 fully saturated rings. The van der Waals surface area contributed by atoms with Crippen molar-refractivity contribution in [3.63, 3.8) is 0 Å². The molecule has 6 heteroatoms. The molecule has 0 bridgehead atoms. The molecule has 2 N–H and O–H groups in total. The molecule has 2 rings (SSSR count). The van der Waals surface area contributed by atoms with E-state index in [1.54, 1.807) is 0 Å². The first kappa shape index (κ1) is 10.4. The normalized spacial score (nSPS) is 21.2. The highest BCUT2D eigenvalue weighted by Gasteiger charge is 2.37. The lowest BCUT2D eigenvalue weighted by molar-refractivity contribution is -0.142. The number of halogens is 3. The van der Waals surface area contributed by atoms with Crippen LogP contribution in [0.3, 0.4) is 0 Å². The first-order chi connectivity index (χ1) is 6.98. The smallest absolute Gasteiger partial charge is 0.327 e. The Kier molecular flexibility index (Phi) is 2.38. The maximum atomic E-state index is 12.6. The molecule has 0 saturated heterocycles. The Hall–Kier alpha value is -1.17. The minimum Gasteiger partial charge on any atom is -0.327 e. The predicted octanol–water partition coefficient (Wildman–Crippen LogP) is 1.31. The molecule has 15 heavy (non-hydrogen) atoms. The summed E-state index contributed by atoms with van der Waals surface area (Å²) in [4.78, 5) is 7.17. The van der Waals surface area contributed by atoms with Crippen molar-refractivity contribution in [2.75, 3.05) is 0 Å². The highest BCUT2D eigenvalue weighted by molar-refractivity contribution is 5.30. The quantitative estimate of drug-likeness (QED) is 0.712. The molecule has 1 unspecified atom stereocenters. The Balaban J connectivity index is 2.49. The van der Waals surface area contributed by atoms with Crippen molar-refractivity contribution in [3.05, 3.63) is 23.3 Å². The first-order valence-corrected chi connectivity index (χ1v) is 4.64. The maximum absolute atomic E-state index is 12.6. The molecule has 1 atom stereocenters. The third-order valence-electron chi connectivity index (χ3n) is 2.52. The van der Waals surface area contributed by atoms with Crippen molar-refractivity contribution in [1.82, 2.24) is 9.97 Å². The average Bonchev–Trinajstić information content (AvgIpc) is 2.15. The first-order valence-electron chi connectivity index (χ1n) is 4.64. The van der Waals surface area contributed by atoms with Crippen molar-refractivity contribution in [1.29, 1.82) is 0 Å². The lowest BCUT2D eigenvalue weighted by Gasteiger charge is -2.22. The second-order valence-corrected chi connectivity index (χ2v) is 3.65. The van der Waals surface area contributed by atoms with Gasteiger partial charge in [0.1, 0.15) is 6.33 Å². The van der Waals surface area contributed by atoms with Crippen LogP contribution in [-0.4, -0.2) is 16.0 Å².